The minimum atomic E-state index is -0.0681. The van der Waals surface area contributed by atoms with Crippen molar-refractivity contribution in [2.24, 2.45) is 5.92 Å². The first-order valence-electron chi connectivity index (χ1n) is 10.0. The van der Waals surface area contributed by atoms with Gasteiger partial charge in [-0.1, -0.05) is 6.42 Å². The second-order valence-corrected chi connectivity index (χ2v) is 8.44. The summed E-state index contributed by atoms with van der Waals surface area (Å²) < 4.78 is 6.20. The zero-order chi connectivity index (χ0) is 16.6. The molecule has 0 N–H and O–H groups in total. The summed E-state index contributed by atoms with van der Waals surface area (Å²) in [6.07, 6.45) is 8.23. The first kappa shape index (κ1) is 16.8. The van der Waals surface area contributed by atoms with Gasteiger partial charge in [0.1, 0.15) is 0 Å². The van der Waals surface area contributed by atoms with E-state index in [2.05, 4.69) is 21.7 Å². The molecule has 1 spiro atoms. The number of rotatable bonds is 1. The van der Waals surface area contributed by atoms with E-state index in [1.165, 1.54) is 38.8 Å². The highest BCUT2D eigenvalue weighted by Gasteiger charge is 2.44. The third-order valence-electron chi connectivity index (χ3n) is 6.86. The fraction of sp³-hybridized carbons (Fsp3) is 0.947. The Bertz CT molecular complexity index is 460. The van der Waals surface area contributed by atoms with Crippen LogP contribution in [0.3, 0.4) is 0 Å². The summed E-state index contributed by atoms with van der Waals surface area (Å²) in [5.41, 5.74) is -0.0681. The van der Waals surface area contributed by atoms with Crippen LogP contribution >= 0.6 is 0 Å². The molecule has 0 aromatic heterocycles. The Labute approximate surface area is 146 Å². The number of hydrogen-bond acceptors (Lipinski definition) is 4. The standard InChI is InChI=1S/C19H33N3O2/c1-20-11-7-19(8-12-20)15-22(13-14-24-19)18(23)16-5-4-10-21-9-3-2-6-17(16)21/h16-17H,2-15H2,1H3/t16-,17-/m1/s1. The van der Waals surface area contributed by atoms with E-state index in [-0.39, 0.29) is 11.5 Å². The van der Waals surface area contributed by atoms with Crippen LogP contribution in [-0.4, -0.2) is 85.2 Å². The Morgan fingerprint density at radius 2 is 1.79 bits per heavy atom. The van der Waals surface area contributed by atoms with Gasteiger partial charge in [0.15, 0.2) is 0 Å². The Kier molecular flexibility index (Phi) is 4.85. The van der Waals surface area contributed by atoms with Gasteiger partial charge in [-0.25, -0.2) is 0 Å². The number of ether oxygens (including phenoxy) is 1. The summed E-state index contributed by atoms with van der Waals surface area (Å²) in [6.45, 7) is 6.91. The molecular formula is C19H33N3O2. The van der Waals surface area contributed by atoms with E-state index in [4.69, 9.17) is 4.74 Å². The second kappa shape index (κ2) is 6.93. The van der Waals surface area contributed by atoms with Crippen molar-refractivity contribution in [3.05, 3.63) is 0 Å². The van der Waals surface area contributed by atoms with Gasteiger partial charge in [-0.2, -0.15) is 0 Å². The first-order valence-corrected chi connectivity index (χ1v) is 10.0. The van der Waals surface area contributed by atoms with E-state index in [1.807, 2.05) is 0 Å². The quantitative estimate of drug-likeness (QED) is 0.729. The molecule has 4 aliphatic rings. The van der Waals surface area contributed by atoms with Crippen molar-refractivity contribution in [3.8, 4) is 0 Å². The van der Waals surface area contributed by atoms with Gasteiger partial charge in [0.05, 0.1) is 18.1 Å². The Morgan fingerprint density at radius 1 is 1.00 bits per heavy atom. The van der Waals surface area contributed by atoms with E-state index < -0.39 is 0 Å². The molecule has 4 fully saturated rings. The van der Waals surface area contributed by atoms with E-state index >= 15 is 0 Å². The van der Waals surface area contributed by atoms with Gasteiger partial charge < -0.3 is 14.5 Å². The summed E-state index contributed by atoms with van der Waals surface area (Å²) in [6, 6.07) is 0.510. The third kappa shape index (κ3) is 3.23. The number of morpholine rings is 1. The van der Waals surface area contributed by atoms with Crippen molar-refractivity contribution in [1.82, 2.24) is 14.7 Å². The fourth-order valence-electron chi connectivity index (χ4n) is 5.34. The minimum Gasteiger partial charge on any atom is -0.371 e. The molecule has 24 heavy (non-hydrogen) atoms. The lowest BCUT2D eigenvalue weighted by molar-refractivity contribution is -0.165. The van der Waals surface area contributed by atoms with Crippen LogP contribution in [0.4, 0.5) is 0 Å². The molecule has 4 heterocycles. The van der Waals surface area contributed by atoms with Gasteiger partial charge >= 0.3 is 0 Å². The molecule has 4 rings (SSSR count). The van der Waals surface area contributed by atoms with Crippen molar-refractivity contribution in [1.29, 1.82) is 0 Å². The summed E-state index contributed by atoms with van der Waals surface area (Å²) in [5.74, 6) is 0.661. The van der Waals surface area contributed by atoms with Gasteiger partial charge in [0, 0.05) is 32.2 Å². The van der Waals surface area contributed by atoms with Crippen molar-refractivity contribution >= 4 is 5.91 Å². The number of hydrogen-bond donors (Lipinski definition) is 0. The highest BCUT2D eigenvalue weighted by Crippen LogP contribution is 2.35. The van der Waals surface area contributed by atoms with Crippen LogP contribution in [-0.2, 0) is 9.53 Å². The van der Waals surface area contributed by atoms with Crippen LogP contribution < -0.4 is 0 Å². The van der Waals surface area contributed by atoms with Crippen LogP contribution in [0, 0.1) is 5.92 Å². The van der Waals surface area contributed by atoms with Gasteiger partial charge in [-0.3, -0.25) is 9.69 Å². The molecule has 0 saturated carbocycles. The molecule has 0 unspecified atom stereocenters. The van der Waals surface area contributed by atoms with Crippen LogP contribution in [0.5, 0.6) is 0 Å². The molecule has 0 bridgehead atoms. The average Bonchev–Trinajstić information content (AvgIpc) is 2.63. The lowest BCUT2D eigenvalue weighted by Crippen LogP contribution is -2.60. The lowest BCUT2D eigenvalue weighted by Gasteiger charge is -2.49. The molecule has 0 aromatic rings. The molecule has 5 heteroatoms. The van der Waals surface area contributed by atoms with E-state index in [0.29, 0.717) is 11.9 Å². The topological polar surface area (TPSA) is 36.0 Å². The smallest absolute Gasteiger partial charge is 0.227 e. The Hall–Kier alpha value is -0.650. The molecule has 5 nitrogen and oxygen atoms in total. The molecule has 4 aliphatic heterocycles. The lowest BCUT2D eigenvalue weighted by atomic mass is 9.82. The predicted octanol–water partition coefficient (Wildman–Crippen LogP) is 1.57. The monoisotopic (exact) mass is 335 g/mol. The van der Waals surface area contributed by atoms with E-state index in [1.54, 1.807) is 0 Å². The van der Waals surface area contributed by atoms with Gasteiger partial charge in [-0.05, 0) is 58.7 Å². The molecule has 0 radical (unpaired) electrons. The number of nitrogens with zero attached hydrogens (tertiary/aromatic N) is 3. The van der Waals surface area contributed by atoms with Crippen LogP contribution in [0.1, 0.15) is 44.9 Å². The number of amides is 1. The number of piperidine rings is 3. The maximum Gasteiger partial charge on any atom is 0.227 e. The van der Waals surface area contributed by atoms with Gasteiger partial charge in [-0.15, -0.1) is 0 Å². The number of carbonyl (C=O) groups is 1. The third-order valence-corrected chi connectivity index (χ3v) is 6.86. The van der Waals surface area contributed by atoms with Gasteiger partial charge in [0.2, 0.25) is 5.91 Å². The van der Waals surface area contributed by atoms with Crippen LogP contribution in [0.15, 0.2) is 0 Å². The minimum absolute atomic E-state index is 0.0681. The van der Waals surface area contributed by atoms with Gasteiger partial charge in [0.25, 0.3) is 0 Å². The number of likely N-dealkylation sites (tertiary alicyclic amines) is 1. The fourth-order valence-corrected chi connectivity index (χ4v) is 5.34. The first-order chi connectivity index (χ1) is 11.7. The molecule has 1 amide bonds. The predicted molar refractivity (Wildman–Crippen MR) is 93.9 cm³/mol. The molecule has 4 saturated heterocycles. The second-order valence-electron chi connectivity index (χ2n) is 8.44. The van der Waals surface area contributed by atoms with Crippen LogP contribution in [0.2, 0.25) is 0 Å². The van der Waals surface area contributed by atoms with Crippen LogP contribution in [0.25, 0.3) is 0 Å². The summed E-state index contributed by atoms with van der Waals surface area (Å²) in [4.78, 5) is 20.5. The van der Waals surface area contributed by atoms with Crippen molar-refractivity contribution in [3.63, 3.8) is 0 Å². The highest BCUT2D eigenvalue weighted by atomic mass is 16.5. The Morgan fingerprint density at radius 3 is 2.62 bits per heavy atom. The number of carbonyl (C=O) groups excluding carboxylic acids is 1. The maximum absolute atomic E-state index is 13.3. The molecule has 0 aromatic carbocycles. The summed E-state index contributed by atoms with van der Waals surface area (Å²) in [5, 5.41) is 0. The highest BCUT2D eigenvalue weighted by molar-refractivity contribution is 5.80. The van der Waals surface area contributed by atoms with Crippen molar-refractivity contribution in [2.75, 3.05) is 52.9 Å². The normalized spacial score (nSPS) is 35.0. The van der Waals surface area contributed by atoms with Crippen molar-refractivity contribution < 1.29 is 9.53 Å². The molecular weight excluding hydrogens is 302 g/mol. The number of fused-ring (bicyclic) bond motifs is 1. The maximum atomic E-state index is 13.3. The van der Waals surface area contributed by atoms with Crippen molar-refractivity contribution in [2.45, 2.75) is 56.6 Å². The largest absolute Gasteiger partial charge is 0.371 e. The molecule has 2 atom stereocenters. The molecule has 136 valence electrons. The van der Waals surface area contributed by atoms with E-state index in [0.717, 1.165) is 52.0 Å². The zero-order valence-electron chi connectivity index (χ0n) is 15.2. The summed E-state index contributed by atoms with van der Waals surface area (Å²) >= 11 is 0. The zero-order valence-corrected chi connectivity index (χ0v) is 15.2. The average molecular weight is 335 g/mol. The Balaban J connectivity index is 1.43. The SMILES string of the molecule is CN1CCC2(CC1)CN(C(=O)[C@@H]1CCCN3CCCC[C@H]13)CCO2. The molecule has 0 aliphatic carbocycles. The summed E-state index contributed by atoms with van der Waals surface area (Å²) in [7, 11) is 2.18. The van der Waals surface area contributed by atoms with E-state index in [9.17, 15) is 4.79 Å².